The van der Waals surface area contributed by atoms with Crippen molar-refractivity contribution in [2.24, 2.45) is 0 Å². The molecule has 0 aromatic heterocycles. The highest BCUT2D eigenvalue weighted by molar-refractivity contribution is 9.10. The van der Waals surface area contributed by atoms with Crippen LogP contribution in [0.15, 0.2) is 16.6 Å². The number of nitrogens with zero attached hydrogens (tertiary/aromatic N) is 1. The first kappa shape index (κ1) is 11.8. The van der Waals surface area contributed by atoms with E-state index in [1.807, 2.05) is 0 Å². The van der Waals surface area contributed by atoms with Gasteiger partial charge in [0.2, 0.25) is 5.75 Å². The van der Waals surface area contributed by atoms with Crippen LogP contribution in [0.4, 0.5) is 14.5 Å². The van der Waals surface area contributed by atoms with E-state index in [9.17, 15) is 18.9 Å². The molecule has 0 unspecified atom stereocenters. The van der Waals surface area contributed by atoms with Gasteiger partial charge in [0, 0.05) is 0 Å². The molecular formula is C8H6BrF2NO3. The van der Waals surface area contributed by atoms with Crippen LogP contribution in [-0.4, -0.2) is 11.5 Å². The summed E-state index contributed by atoms with van der Waals surface area (Å²) in [6.07, 6.45) is 0. The summed E-state index contributed by atoms with van der Waals surface area (Å²) < 4.78 is 28.1. The Hall–Kier alpha value is -1.24. The predicted octanol–water partition coefficient (Wildman–Crippen LogP) is 3.27. The standard InChI is InChI=1S/C8H6BrF2NO3/c1-4-2-5(9)7(12(13)14)6(3-4)15-8(10)11/h2-3,8H,1H3. The number of halogens is 3. The Morgan fingerprint density at radius 1 is 1.53 bits per heavy atom. The van der Waals surface area contributed by atoms with Crippen molar-refractivity contribution in [1.82, 2.24) is 0 Å². The third kappa shape index (κ3) is 2.85. The van der Waals surface area contributed by atoms with Gasteiger partial charge in [-0.3, -0.25) is 10.1 Å². The highest BCUT2D eigenvalue weighted by Gasteiger charge is 2.22. The lowest BCUT2D eigenvalue weighted by atomic mass is 10.2. The summed E-state index contributed by atoms with van der Waals surface area (Å²) >= 11 is 2.92. The molecule has 1 rings (SSSR count). The van der Waals surface area contributed by atoms with E-state index < -0.39 is 23.0 Å². The molecule has 4 nitrogen and oxygen atoms in total. The maximum absolute atomic E-state index is 12.0. The van der Waals surface area contributed by atoms with Crippen LogP contribution >= 0.6 is 15.9 Å². The Balaban J connectivity index is 3.27. The van der Waals surface area contributed by atoms with Crippen LogP contribution in [0, 0.1) is 17.0 Å². The lowest BCUT2D eigenvalue weighted by Gasteiger charge is -2.07. The third-order valence-electron chi connectivity index (χ3n) is 1.57. The highest BCUT2D eigenvalue weighted by Crippen LogP contribution is 2.36. The molecule has 7 heteroatoms. The van der Waals surface area contributed by atoms with Crippen LogP contribution in [0.3, 0.4) is 0 Å². The van der Waals surface area contributed by atoms with Crippen LogP contribution in [-0.2, 0) is 0 Å². The van der Waals surface area contributed by atoms with Crippen molar-refractivity contribution in [3.05, 3.63) is 32.3 Å². The number of nitro groups is 1. The molecule has 0 atom stereocenters. The minimum absolute atomic E-state index is 0.114. The number of hydrogen-bond acceptors (Lipinski definition) is 3. The Kier molecular flexibility index (Phi) is 3.57. The molecule has 0 radical (unpaired) electrons. The summed E-state index contributed by atoms with van der Waals surface area (Å²) in [5, 5.41) is 10.6. The number of hydrogen-bond donors (Lipinski definition) is 0. The van der Waals surface area contributed by atoms with Crippen molar-refractivity contribution >= 4 is 21.6 Å². The molecular weight excluding hydrogens is 276 g/mol. The van der Waals surface area contributed by atoms with Gasteiger partial charge in [-0.25, -0.2) is 0 Å². The van der Waals surface area contributed by atoms with E-state index in [0.717, 1.165) is 0 Å². The Morgan fingerprint density at radius 2 is 2.13 bits per heavy atom. The van der Waals surface area contributed by atoms with Gasteiger partial charge in [0.05, 0.1) is 9.40 Å². The van der Waals surface area contributed by atoms with E-state index in [4.69, 9.17) is 0 Å². The van der Waals surface area contributed by atoms with Gasteiger partial charge >= 0.3 is 12.3 Å². The van der Waals surface area contributed by atoms with E-state index in [1.165, 1.54) is 12.1 Å². The molecule has 0 saturated carbocycles. The number of alkyl halides is 2. The zero-order valence-electron chi connectivity index (χ0n) is 7.54. The highest BCUT2D eigenvalue weighted by atomic mass is 79.9. The molecule has 0 aliphatic carbocycles. The molecule has 0 N–H and O–H groups in total. The largest absolute Gasteiger partial charge is 0.427 e. The first-order chi connectivity index (χ1) is 6.91. The Bertz CT molecular complexity index is 398. The van der Waals surface area contributed by atoms with Crippen molar-refractivity contribution in [2.45, 2.75) is 13.5 Å². The molecule has 1 aromatic rings. The topological polar surface area (TPSA) is 52.4 Å². The average molecular weight is 282 g/mol. The predicted molar refractivity (Wildman–Crippen MR) is 52.2 cm³/mol. The molecule has 0 bridgehead atoms. The lowest BCUT2D eigenvalue weighted by Crippen LogP contribution is -2.05. The second kappa shape index (κ2) is 4.52. The minimum atomic E-state index is -3.09. The van der Waals surface area contributed by atoms with Crippen molar-refractivity contribution in [3.63, 3.8) is 0 Å². The smallest absolute Gasteiger partial charge is 0.387 e. The Labute approximate surface area is 92.1 Å². The van der Waals surface area contributed by atoms with E-state index in [-0.39, 0.29) is 4.47 Å². The molecule has 0 fully saturated rings. The van der Waals surface area contributed by atoms with Crippen molar-refractivity contribution in [1.29, 1.82) is 0 Å². The summed E-state index contributed by atoms with van der Waals surface area (Å²) in [6, 6.07) is 2.64. The number of ether oxygens (including phenoxy) is 1. The maximum atomic E-state index is 12.0. The molecule has 15 heavy (non-hydrogen) atoms. The zero-order chi connectivity index (χ0) is 11.6. The quantitative estimate of drug-likeness (QED) is 0.631. The van der Waals surface area contributed by atoms with Crippen molar-refractivity contribution in [3.8, 4) is 5.75 Å². The van der Waals surface area contributed by atoms with E-state index in [0.29, 0.717) is 5.56 Å². The SMILES string of the molecule is Cc1cc(Br)c([N+](=O)[O-])c(OC(F)F)c1. The van der Waals surface area contributed by atoms with Gasteiger partial charge in [0.15, 0.2) is 0 Å². The van der Waals surface area contributed by atoms with Gasteiger partial charge in [0.1, 0.15) is 0 Å². The van der Waals surface area contributed by atoms with Gasteiger partial charge < -0.3 is 4.74 Å². The van der Waals surface area contributed by atoms with Gasteiger partial charge in [-0.2, -0.15) is 8.78 Å². The molecule has 1 aromatic carbocycles. The van der Waals surface area contributed by atoms with Gasteiger partial charge in [0.25, 0.3) is 0 Å². The van der Waals surface area contributed by atoms with E-state index >= 15 is 0 Å². The summed E-state index contributed by atoms with van der Waals surface area (Å²) in [6.45, 7) is -1.47. The first-order valence-electron chi connectivity index (χ1n) is 3.81. The van der Waals surface area contributed by atoms with Crippen LogP contribution < -0.4 is 4.74 Å². The van der Waals surface area contributed by atoms with Gasteiger partial charge in [-0.15, -0.1) is 0 Å². The molecule has 82 valence electrons. The lowest BCUT2D eigenvalue weighted by molar-refractivity contribution is -0.387. The van der Waals surface area contributed by atoms with Crippen LogP contribution in [0.2, 0.25) is 0 Å². The fourth-order valence-electron chi connectivity index (χ4n) is 1.07. The van der Waals surface area contributed by atoms with Gasteiger partial charge in [-0.1, -0.05) is 0 Å². The van der Waals surface area contributed by atoms with Crippen molar-refractivity contribution < 1.29 is 18.4 Å². The number of rotatable bonds is 3. The van der Waals surface area contributed by atoms with Crippen LogP contribution in [0.25, 0.3) is 0 Å². The zero-order valence-corrected chi connectivity index (χ0v) is 9.12. The molecule has 0 spiro atoms. The summed E-state index contributed by atoms with van der Waals surface area (Å²) in [7, 11) is 0. The fraction of sp³-hybridized carbons (Fsp3) is 0.250. The maximum Gasteiger partial charge on any atom is 0.387 e. The molecule has 0 amide bonds. The molecule has 0 heterocycles. The van der Waals surface area contributed by atoms with E-state index in [2.05, 4.69) is 20.7 Å². The second-order valence-corrected chi connectivity index (χ2v) is 3.58. The number of nitro benzene ring substituents is 1. The number of benzene rings is 1. The van der Waals surface area contributed by atoms with Crippen molar-refractivity contribution in [2.75, 3.05) is 0 Å². The molecule has 0 aliphatic rings. The van der Waals surface area contributed by atoms with Gasteiger partial charge in [-0.05, 0) is 40.5 Å². The first-order valence-corrected chi connectivity index (χ1v) is 4.60. The van der Waals surface area contributed by atoms with Crippen LogP contribution in [0.1, 0.15) is 5.56 Å². The van der Waals surface area contributed by atoms with E-state index in [1.54, 1.807) is 6.92 Å². The fourth-order valence-corrected chi connectivity index (χ4v) is 1.77. The minimum Gasteiger partial charge on any atom is -0.427 e. The molecule has 0 aliphatic heterocycles. The average Bonchev–Trinajstić information content (AvgIpc) is 1.99. The third-order valence-corrected chi connectivity index (χ3v) is 2.18. The second-order valence-electron chi connectivity index (χ2n) is 2.73. The molecule has 0 saturated heterocycles. The Morgan fingerprint density at radius 3 is 2.60 bits per heavy atom. The summed E-state index contributed by atoms with van der Waals surface area (Å²) in [4.78, 5) is 9.81. The number of aryl methyl sites for hydroxylation is 1. The summed E-state index contributed by atoms with van der Waals surface area (Å²) in [5.41, 5.74) is 0.0871. The summed E-state index contributed by atoms with van der Waals surface area (Å²) in [5.74, 6) is -0.443. The van der Waals surface area contributed by atoms with Crippen LogP contribution in [0.5, 0.6) is 5.75 Å². The normalized spacial score (nSPS) is 10.5. The monoisotopic (exact) mass is 281 g/mol.